The third-order valence-electron chi connectivity index (χ3n) is 2.44. The van der Waals surface area contributed by atoms with Crippen molar-refractivity contribution < 1.29 is 0 Å². The summed E-state index contributed by atoms with van der Waals surface area (Å²) in [5.74, 6) is 0. The van der Waals surface area contributed by atoms with Crippen molar-refractivity contribution in [2.24, 2.45) is 0 Å². The van der Waals surface area contributed by atoms with Crippen molar-refractivity contribution in [1.29, 1.82) is 0 Å². The lowest BCUT2D eigenvalue weighted by Crippen LogP contribution is -1.89. The van der Waals surface area contributed by atoms with Crippen LogP contribution in [0.4, 0.5) is 0 Å². The molecule has 0 fully saturated rings. The van der Waals surface area contributed by atoms with Crippen LogP contribution in [0.15, 0.2) is 22.7 Å². The fourth-order valence-electron chi connectivity index (χ4n) is 1.83. The fourth-order valence-corrected chi connectivity index (χ4v) is 2.51. The van der Waals surface area contributed by atoms with E-state index in [4.69, 9.17) is 0 Å². The van der Waals surface area contributed by atoms with Crippen LogP contribution in [0.2, 0.25) is 0 Å². The Kier molecular flexibility index (Phi) is 2.54. The number of aryl methyl sites for hydroxylation is 1. The zero-order valence-corrected chi connectivity index (χ0v) is 9.39. The molecule has 0 nitrogen and oxygen atoms in total. The van der Waals surface area contributed by atoms with E-state index in [1.807, 2.05) is 0 Å². The molecule has 1 aromatic carbocycles. The van der Waals surface area contributed by atoms with Gasteiger partial charge in [0.1, 0.15) is 0 Å². The van der Waals surface area contributed by atoms with Gasteiger partial charge < -0.3 is 0 Å². The summed E-state index contributed by atoms with van der Waals surface area (Å²) in [6, 6.07) is 4.58. The zero-order chi connectivity index (χ0) is 9.26. The molecule has 1 heteroatoms. The van der Waals surface area contributed by atoms with Crippen LogP contribution in [-0.4, -0.2) is 0 Å². The number of hydrogen-bond donors (Lipinski definition) is 0. The lowest BCUT2D eigenvalue weighted by Gasteiger charge is -2.06. The first-order chi connectivity index (χ1) is 6.31. The van der Waals surface area contributed by atoms with E-state index in [1.54, 1.807) is 0 Å². The maximum atomic E-state index is 3.62. The molecule has 13 heavy (non-hydrogen) atoms. The quantitative estimate of drug-likeness (QED) is 0.730. The smallest absolute Gasteiger partial charge is 0.0253 e. The first-order valence-electron chi connectivity index (χ1n) is 4.79. The van der Waals surface area contributed by atoms with Crippen LogP contribution in [-0.2, 0) is 12.8 Å². The van der Waals surface area contributed by atoms with Crippen molar-refractivity contribution >= 4 is 22.0 Å². The molecule has 0 spiro atoms. The minimum Gasteiger partial charge on any atom is -0.0795 e. The van der Waals surface area contributed by atoms with Crippen LogP contribution in [0.1, 0.15) is 30.0 Å². The van der Waals surface area contributed by atoms with Crippen molar-refractivity contribution in [3.63, 3.8) is 0 Å². The van der Waals surface area contributed by atoms with E-state index in [9.17, 15) is 0 Å². The van der Waals surface area contributed by atoms with Gasteiger partial charge in [0.05, 0.1) is 0 Å². The maximum absolute atomic E-state index is 3.62. The minimum absolute atomic E-state index is 1.10. The van der Waals surface area contributed by atoms with Crippen LogP contribution in [0.25, 0.3) is 6.08 Å². The Hall–Kier alpha value is -0.560. The number of rotatable bonds is 2. The average Bonchev–Trinajstić information content (AvgIpc) is 2.53. The van der Waals surface area contributed by atoms with E-state index in [0.29, 0.717) is 0 Å². The Morgan fingerprint density at radius 1 is 1.38 bits per heavy atom. The molecular weight excluding hydrogens is 224 g/mol. The van der Waals surface area contributed by atoms with E-state index in [0.717, 1.165) is 6.42 Å². The highest BCUT2D eigenvalue weighted by Gasteiger charge is 2.09. The molecule has 0 aliphatic heterocycles. The Balaban J connectivity index is 2.41. The van der Waals surface area contributed by atoms with Crippen molar-refractivity contribution in [2.45, 2.75) is 26.2 Å². The number of benzene rings is 1. The lowest BCUT2D eigenvalue weighted by atomic mass is 10.0. The van der Waals surface area contributed by atoms with Gasteiger partial charge in [-0.25, -0.2) is 0 Å². The van der Waals surface area contributed by atoms with Crippen LogP contribution < -0.4 is 0 Å². The van der Waals surface area contributed by atoms with Gasteiger partial charge in [0, 0.05) is 4.47 Å². The van der Waals surface area contributed by atoms with Gasteiger partial charge in [-0.2, -0.15) is 0 Å². The van der Waals surface area contributed by atoms with E-state index < -0.39 is 0 Å². The van der Waals surface area contributed by atoms with Gasteiger partial charge in [-0.3, -0.25) is 0 Å². The molecular formula is C12H13Br. The molecule has 0 aromatic heterocycles. The van der Waals surface area contributed by atoms with Gasteiger partial charge in [0.15, 0.2) is 0 Å². The Bertz CT molecular complexity index is 350. The number of hydrogen-bond acceptors (Lipinski definition) is 0. The Morgan fingerprint density at radius 2 is 2.23 bits per heavy atom. The molecule has 0 unspecified atom stereocenters. The topological polar surface area (TPSA) is 0 Å². The summed E-state index contributed by atoms with van der Waals surface area (Å²) >= 11 is 3.62. The van der Waals surface area contributed by atoms with Crippen molar-refractivity contribution in [2.75, 3.05) is 0 Å². The molecule has 2 rings (SSSR count). The van der Waals surface area contributed by atoms with Crippen LogP contribution in [0.3, 0.4) is 0 Å². The molecule has 0 N–H and O–H groups in total. The van der Waals surface area contributed by atoms with Gasteiger partial charge in [0.2, 0.25) is 0 Å². The Labute approximate surface area is 87.8 Å². The molecule has 1 aliphatic rings. The molecule has 0 atom stereocenters. The largest absolute Gasteiger partial charge is 0.0795 e. The van der Waals surface area contributed by atoms with Gasteiger partial charge in [-0.1, -0.05) is 47.5 Å². The molecule has 0 bridgehead atoms. The molecule has 1 aromatic rings. The third kappa shape index (κ3) is 1.71. The van der Waals surface area contributed by atoms with E-state index in [1.165, 1.54) is 34.0 Å². The second-order valence-corrected chi connectivity index (χ2v) is 4.36. The monoisotopic (exact) mass is 236 g/mol. The highest BCUT2D eigenvalue weighted by Crippen LogP contribution is 2.29. The van der Waals surface area contributed by atoms with Crippen LogP contribution >= 0.6 is 15.9 Å². The summed E-state index contributed by atoms with van der Waals surface area (Å²) in [5, 5.41) is 0. The van der Waals surface area contributed by atoms with Gasteiger partial charge in [-0.05, 0) is 35.6 Å². The average molecular weight is 237 g/mol. The molecule has 68 valence electrons. The number of allylic oxidation sites excluding steroid dienone is 1. The summed E-state index contributed by atoms with van der Waals surface area (Å²) in [7, 11) is 0. The minimum atomic E-state index is 1.10. The van der Waals surface area contributed by atoms with Crippen LogP contribution in [0, 0.1) is 0 Å². The predicted molar refractivity (Wildman–Crippen MR) is 60.9 cm³/mol. The first-order valence-corrected chi connectivity index (χ1v) is 5.58. The van der Waals surface area contributed by atoms with Crippen molar-refractivity contribution in [3.05, 3.63) is 39.4 Å². The van der Waals surface area contributed by atoms with Crippen molar-refractivity contribution in [1.82, 2.24) is 0 Å². The summed E-state index contributed by atoms with van der Waals surface area (Å²) in [5.41, 5.74) is 4.30. The number of fused-ring (bicyclic) bond motifs is 1. The lowest BCUT2D eigenvalue weighted by molar-refractivity contribution is 0.918. The number of halogens is 1. The summed E-state index contributed by atoms with van der Waals surface area (Å²) < 4.78 is 1.25. The second-order valence-electron chi connectivity index (χ2n) is 3.51. The molecule has 0 saturated heterocycles. The molecule has 0 amide bonds. The fraction of sp³-hybridized carbons (Fsp3) is 0.333. The highest BCUT2D eigenvalue weighted by molar-refractivity contribution is 9.10. The van der Waals surface area contributed by atoms with E-state index in [2.05, 4.69) is 47.1 Å². The highest BCUT2D eigenvalue weighted by atomic mass is 79.9. The summed E-state index contributed by atoms with van der Waals surface area (Å²) in [6.45, 7) is 2.22. The third-order valence-corrected chi connectivity index (χ3v) is 3.09. The van der Waals surface area contributed by atoms with Gasteiger partial charge >= 0.3 is 0 Å². The predicted octanol–water partition coefficient (Wildman–Crippen LogP) is 3.97. The van der Waals surface area contributed by atoms with Gasteiger partial charge in [-0.15, -0.1) is 0 Å². The SMILES string of the molecule is CCCc1cc(Br)c2c(c1)CC=C2. The molecule has 1 aliphatic carbocycles. The standard InChI is InChI=1S/C12H13Br/c1-2-4-9-7-10-5-3-6-11(10)12(13)8-9/h3,6-8H,2,4-5H2,1H3. The molecule has 0 heterocycles. The van der Waals surface area contributed by atoms with Gasteiger partial charge in [0.25, 0.3) is 0 Å². The summed E-state index contributed by atoms with van der Waals surface area (Å²) in [6.07, 6.45) is 7.94. The normalized spacial score (nSPS) is 13.4. The summed E-state index contributed by atoms with van der Waals surface area (Å²) in [4.78, 5) is 0. The van der Waals surface area contributed by atoms with E-state index in [-0.39, 0.29) is 0 Å². The molecule has 0 saturated carbocycles. The van der Waals surface area contributed by atoms with Crippen molar-refractivity contribution in [3.8, 4) is 0 Å². The van der Waals surface area contributed by atoms with Crippen LogP contribution in [0.5, 0.6) is 0 Å². The zero-order valence-electron chi connectivity index (χ0n) is 7.81. The maximum Gasteiger partial charge on any atom is 0.0253 e. The van der Waals surface area contributed by atoms with E-state index >= 15 is 0 Å². The second kappa shape index (κ2) is 3.67. The Morgan fingerprint density at radius 3 is 3.00 bits per heavy atom. The molecule has 0 radical (unpaired) electrons. The first kappa shape index (κ1) is 9.01.